The first kappa shape index (κ1) is 13.2. The molecular weight excluding hydrogens is 250 g/mol. The minimum absolute atomic E-state index is 0.00180. The van der Waals surface area contributed by atoms with Gasteiger partial charge in [0.05, 0.1) is 23.3 Å². The maximum atomic E-state index is 7.69. The summed E-state index contributed by atoms with van der Waals surface area (Å²) >= 11 is 6.15. The minimum Gasteiger partial charge on any atom is -0.384 e. The standard InChI is InChI=1S/C13H18ClN3O/c1-8-7-18-9(2)6-17(8)11-5-3-4-10(14)12(11)13(15)16/h3-5,8-9H,6-7H2,1-2H3,(H3,15,16). The monoisotopic (exact) mass is 267 g/mol. The number of ether oxygens (including phenoxy) is 1. The van der Waals surface area contributed by atoms with Crippen LogP contribution in [-0.4, -0.2) is 31.1 Å². The Morgan fingerprint density at radius 3 is 2.89 bits per heavy atom. The lowest BCUT2D eigenvalue weighted by Gasteiger charge is -2.39. The summed E-state index contributed by atoms with van der Waals surface area (Å²) in [5, 5.41) is 8.21. The first-order valence-electron chi connectivity index (χ1n) is 6.02. The normalized spacial score (nSPS) is 24.1. The highest BCUT2D eigenvalue weighted by atomic mass is 35.5. The van der Waals surface area contributed by atoms with Crippen molar-refractivity contribution in [2.75, 3.05) is 18.1 Å². The number of halogens is 1. The van der Waals surface area contributed by atoms with Crippen molar-refractivity contribution < 1.29 is 4.74 Å². The summed E-state index contributed by atoms with van der Waals surface area (Å²) in [6, 6.07) is 5.85. The van der Waals surface area contributed by atoms with Gasteiger partial charge in [0, 0.05) is 18.3 Å². The molecule has 18 heavy (non-hydrogen) atoms. The van der Waals surface area contributed by atoms with Crippen LogP contribution in [-0.2, 0) is 4.74 Å². The molecule has 1 heterocycles. The van der Waals surface area contributed by atoms with Crippen LogP contribution in [0.15, 0.2) is 18.2 Å². The number of nitrogens with one attached hydrogen (secondary N) is 1. The van der Waals surface area contributed by atoms with E-state index in [4.69, 9.17) is 27.5 Å². The van der Waals surface area contributed by atoms with Gasteiger partial charge < -0.3 is 15.4 Å². The Morgan fingerprint density at radius 1 is 1.50 bits per heavy atom. The molecule has 1 aromatic rings. The number of rotatable bonds is 2. The van der Waals surface area contributed by atoms with Gasteiger partial charge in [-0.2, -0.15) is 0 Å². The van der Waals surface area contributed by atoms with Gasteiger partial charge in [-0.25, -0.2) is 0 Å². The summed E-state index contributed by atoms with van der Waals surface area (Å²) < 4.78 is 5.61. The molecule has 2 rings (SSSR count). The summed E-state index contributed by atoms with van der Waals surface area (Å²) in [5.41, 5.74) is 7.17. The smallest absolute Gasteiger partial charge is 0.126 e. The SMILES string of the molecule is CC1CN(c2cccc(Cl)c2C(=N)N)C(C)CO1. The van der Waals surface area contributed by atoms with Gasteiger partial charge in [0.15, 0.2) is 0 Å². The zero-order chi connectivity index (χ0) is 13.3. The Morgan fingerprint density at radius 2 is 2.22 bits per heavy atom. The molecule has 1 aromatic carbocycles. The molecule has 1 aliphatic heterocycles. The fraction of sp³-hybridized carbons (Fsp3) is 0.462. The van der Waals surface area contributed by atoms with Gasteiger partial charge in [-0.15, -0.1) is 0 Å². The van der Waals surface area contributed by atoms with Gasteiger partial charge in [0.2, 0.25) is 0 Å². The van der Waals surface area contributed by atoms with E-state index in [2.05, 4.69) is 11.8 Å². The van der Waals surface area contributed by atoms with Crippen molar-refractivity contribution in [1.82, 2.24) is 0 Å². The van der Waals surface area contributed by atoms with Crippen molar-refractivity contribution in [3.63, 3.8) is 0 Å². The van der Waals surface area contributed by atoms with Crippen LogP contribution in [0.3, 0.4) is 0 Å². The molecule has 3 N–H and O–H groups in total. The average Bonchev–Trinajstić information content (AvgIpc) is 2.31. The third-order valence-electron chi connectivity index (χ3n) is 3.18. The summed E-state index contributed by atoms with van der Waals surface area (Å²) in [7, 11) is 0. The van der Waals surface area contributed by atoms with Crippen LogP contribution in [0.1, 0.15) is 19.4 Å². The lowest BCUT2D eigenvalue weighted by atomic mass is 10.1. The van der Waals surface area contributed by atoms with E-state index in [1.54, 1.807) is 6.07 Å². The van der Waals surface area contributed by atoms with Gasteiger partial charge in [-0.05, 0) is 26.0 Å². The number of anilines is 1. The highest BCUT2D eigenvalue weighted by Gasteiger charge is 2.26. The van der Waals surface area contributed by atoms with Crippen molar-refractivity contribution in [1.29, 1.82) is 5.41 Å². The lowest BCUT2D eigenvalue weighted by Crippen LogP contribution is -2.48. The number of nitrogen functional groups attached to an aromatic ring is 1. The van der Waals surface area contributed by atoms with Crippen LogP contribution in [0.5, 0.6) is 0 Å². The number of nitrogens with two attached hydrogens (primary N) is 1. The molecule has 2 atom stereocenters. The number of amidine groups is 1. The summed E-state index contributed by atoms with van der Waals surface area (Å²) in [5.74, 6) is 0.00180. The number of morpholine rings is 1. The molecular formula is C13H18ClN3O. The second-order valence-corrected chi connectivity index (χ2v) is 5.10. The highest BCUT2D eigenvalue weighted by molar-refractivity contribution is 6.34. The first-order valence-corrected chi connectivity index (χ1v) is 6.39. The van der Waals surface area contributed by atoms with Crippen LogP contribution >= 0.6 is 11.6 Å². The molecule has 2 unspecified atom stereocenters. The Bertz CT molecular complexity index is 464. The molecule has 4 nitrogen and oxygen atoms in total. The highest BCUT2D eigenvalue weighted by Crippen LogP contribution is 2.30. The minimum atomic E-state index is 0.00180. The third-order valence-corrected chi connectivity index (χ3v) is 3.49. The zero-order valence-corrected chi connectivity index (χ0v) is 11.4. The van der Waals surface area contributed by atoms with Crippen LogP contribution in [0.4, 0.5) is 5.69 Å². The van der Waals surface area contributed by atoms with Gasteiger partial charge in [0.1, 0.15) is 5.84 Å². The van der Waals surface area contributed by atoms with Crippen LogP contribution in [0, 0.1) is 5.41 Å². The number of benzene rings is 1. The molecule has 1 aliphatic rings. The molecule has 0 aromatic heterocycles. The van der Waals surface area contributed by atoms with Crippen molar-refractivity contribution in [3.8, 4) is 0 Å². The predicted octanol–water partition coefficient (Wildman–Crippen LogP) is 2.24. The van der Waals surface area contributed by atoms with Crippen LogP contribution < -0.4 is 10.6 Å². The van der Waals surface area contributed by atoms with Gasteiger partial charge in [0.25, 0.3) is 0 Å². The van der Waals surface area contributed by atoms with Crippen molar-refractivity contribution in [2.45, 2.75) is 26.0 Å². The van der Waals surface area contributed by atoms with Crippen molar-refractivity contribution in [2.24, 2.45) is 5.73 Å². The van der Waals surface area contributed by atoms with Gasteiger partial charge in [-0.3, -0.25) is 5.41 Å². The quantitative estimate of drug-likeness (QED) is 0.638. The molecule has 1 saturated heterocycles. The van der Waals surface area contributed by atoms with Crippen molar-refractivity contribution >= 4 is 23.1 Å². The number of hydrogen-bond acceptors (Lipinski definition) is 3. The van der Waals surface area contributed by atoms with E-state index in [-0.39, 0.29) is 18.0 Å². The Balaban J connectivity index is 2.43. The summed E-state index contributed by atoms with van der Waals surface area (Å²) in [4.78, 5) is 2.21. The van der Waals surface area contributed by atoms with E-state index in [9.17, 15) is 0 Å². The number of hydrogen-bond donors (Lipinski definition) is 2. The van der Waals surface area contributed by atoms with Crippen molar-refractivity contribution in [3.05, 3.63) is 28.8 Å². The fourth-order valence-corrected chi connectivity index (χ4v) is 2.53. The first-order chi connectivity index (χ1) is 8.50. The summed E-state index contributed by atoms with van der Waals surface area (Å²) in [6.45, 7) is 5.58. The molecule has 0 bridgehead atoms. The lowest BCUT2D eigenvalue weighted by molar-refractivity contribution is 0.0343. The molecule has 0 radical (unpaired) electrons. The van der Waals surface area contributed by atoms with Crippen LogP contribution in [0.25, 0.3) is 0 Å². The van der Waals surface area contributed by atoms with E-state index >= 15 is 0 Å². The van der Waals surface area contributed by atoms with Gasteiger partial charge in [-0.1, -0.05) is 17.7 Å². The topological polar surface area (TPSA) is 62.3 Å². The van der Waals surface area contributed by atoms with E-state index in [0.29, 0.717) is 17.2 Å². The Labute approximate surface area is 112 Å². The average molecular weight is 268 g/mol. The molecule has 5 heteroatoms. The van der Waals surface area contributed by atoms with E-state index in [1.165, 1.54) is 0 Å². The van der Waals surface area contributed by atoms with E-state index < -0.39 is 0 Å². The van der Waals surface area contributed by atoms with Gasteiger partial charge >= 0.3 is 0 Å². The zero-order valence-electron chi connectivity index (χ0n) is 10.6. The second-order valence-electron chi connectivity index (χ2n) is 4.69. The molecule has 0 spiro atoms. The Kier molecular flexibility index (Phi) is 3.78. The largest absolute Gasteiger partial charge is 0.384 e. The maximum absolute atomic E-state index is 7.69. The summed E-state index contributed by atoms with van der Waals surface area (Å²) in [6.07, 6.45) is 0.167. The third kappa shape index (κ3) is 2.44. The van der Waals surface area contributed by atoms with Crippen LogP contribution in [0.2, 0.25) is 5.02 Å². The number of nitrogens with zero attached hydrogens (tertiary/aromatic N) is 1. The molecule has 0 amide bonds. The van der Waals surface area contributed by atoms with E-state index in [0.717, 1.165) is 12.2 Å². The fourth-order valence-electron chi connectivity index (χ4n) is 2.26. The predicted molar refractivity (Wildman–Crippen MR) is 74.7 cm³/mol. The molecule has 0 aliphatic carbocycles. The molecule has 1 fully saturated rings. The molecule has 98 valence electrons. The second kappa shape index (κ2) is 5.16. The molecule has 0 saturated carbocycles. The maximum Gasteiger partial charge on any atom is 0.126 e. The Hall–Kier alpha value is -1.26. The van der Waals surface area contributed by atoms with E-state index in [1.807, 2.05) is 19.1 Å².